The summed E-state index contributed by atoms with van der Waals surface area (Å²) in [5, 5.41) is 13.1. The quantitative estimate of drug-likeness (QED) is 0.0890. The number of carbonyl (C=O) groups is 3. The lowest BCUT2D eigenvalue weighted by Gasteiger charge is -2.40. The Morgan fingerprint density at radius 1 is 0.679 bits per heavy atom. The number of amides is 3. The van der Waals surface area contributed by atoms with E-state index in [1.165, 1.54) is 45.7 Å². The van der Waals surface area contributed by atoms with Crippen molar-refractivity contribution >= 4 is 65.5 Å². The number of benzene rings is 4. The van der Waals surface area contributed by atoms with Crippen LogP contribution >= 0.6 is 0 Å². The first-order valence-corrected chi connectivity index (χ1v) is 31.3. The first-order valence-electron chi connectivity index (χ1n) is 28.4. The molecule has 3 amide bonds. The molecule has 4 heterocycles. The summed E-state index contributed by atoms with van der Waals surface area (Å²) in [6.07, 6.45) is 11.9. The summed E-state index contributed by atoms with van der Waals surface area (Å²) in [6.45, 7) is 5.34. The summed E-state index contributed by atoms with van der Waals surface area (Å²) in [5.74, 6) is 0.756. The maximum atomic E-state index is 14.4. The summed E-state index contributed by atoms with van der Waals surface area (Å²) in [6, 6.07) is 23.4. The monoisotopic (exact) mass is 1140 g/mol. The summed E-state index contributed by atoms with van der Waals surface area (Å²) in [4.78, 5) is 43.9. The van der Waals surface area contributed by atoms with Gasteiger partial charge >= 0.3 is 20.4 Å². The van der Waals surface area contributed by atoms with E-state index in [2.05, 4.69) is 54.7 Å². The van der Waals surface area contributed by atoms with Crippen LogP contribution in [0.25, 0.3) is 49.9 Å². The predicted octanol–water partition coefficient (Wildman–Crippen LogP) is 9.15. The zero-order valence-electron chi connectivity index (χ0n) is 47.5. The highest BCUT2D eigenvalue weighted by Gasteiger charge is 2.59. The summed E-state index contributed by atoms with van der Waals surface area (Å²) in [5.41, 5.74) is 11.1. The van der Waals surface area contributed by atoms with Gasteiger partial charge in [0.15, 0.2) is 0 Å². The van der Waals surface area contributed by atoms with E-state index in [4.69, 9.17) is 9.47 Å². The number of nitrogens with one attached hydrogen (secondary N) is 2. The lowest BCUT2D eigenvalue weighted by Crippen LogP contribution is -2.46. The Balaban J connectivity index is 0.888. The molecule has 4 unspecified atom stereocenters. The van der Waals surface area contributed by atoms with Crippen molar-refractivity contribution in [1.82, 2.24) is 32.1 Å². The standard InChI is InChI=1S/C62H73N7O10S2/c1-36(38-14-16-40(17-15-38)56-48-23-19-42(60(73)64-81(76,77)66(5)6)27-54(48)69-34-62(35-70)31-52(62)50-29-44(79-8)21-25-46(50)58(56)69)67(37(2)71)32-61-30-51(61)49-28-43(78-7)20-24-45(49)57-55(39-12-10-9-11-13-39)47-22-18-41(26-53(47)68(57)33-61)59(72)63-80(74,75)65(3)4/h18-29,31,36,38-40,51,70H,9-17,30,32-35H2,1-8H3,(H,63,72)(H,64,73). The number of methoxy groups -OCH3 is 2. The summed E-state index contributed by atoms with van der Waals surface area (Å²) < 4.78 is 74.2. The van der Waals surface area contributed by atoms with E-state index >= 15 is 0 Å². The maximum absolute atomic E-state index is 14.4. The molecule has 428 valence electrons. The van der Waals surface area contributed by atoms with Gasteiger partial charge in [0.05, 0.1) is 37.6 Å². The molecule has 19 heteroatoms. The molecule has 0 saturated heterocycles. The normalized spacial score (nSPS) is 23.4. The van der Waals surface area contributed by atoms with Gasteiger partial charge in [0.25, 0.3) is 11.8 Å². The average molecular weight is 1140 g/mol. The van der Waals surface area contributed by atoms with E-state index in [1.54, 1.807) is 39.3 Å². The van der Waals surface area contributed by atoms with Crippen LogP contribution in [0.1, 0.15) is 139 Å². The third-order valence-electron chi connectivity index (χ3n) is 19.3. The number of aromatic nitrogens is 2. The van der Waals surface area contributed by atoms with E-state index in [1.807, 2.05) is 36.4 Å². The highest BCUT2D eigenvalue weighted by atomic mass is 32.2. The van der Waals surface area contributed by atoms with Crippen molar-refractivity contribution in [1.29, 1.82) is 0 Å². The highest BCUT2D eigenvalue weighted by Crippen LogP contribution is 2.66. The number of carbonyl (C=O) groups excluding carboxylic acids is 3. The van der Waals surface area contributed by atoms with Crippen LogP contribution in [0.4, 0.5) is 0 Å². The number of hydrogen-bond donors (Lipinski definition) is 3. The largest absolute Gasteiger partial charge is 0.497 e. The Hall–Kier alpha value is -6.51. The third-order valence-corrected chi connectivity index (χ3v) is 22.1. The number of fused-ring (bicyclic) bond motifs is 14. The highest BCUT2D eigenvalue weighted by molar-refractivity contribution is 7.88. The number of rotatable bonds is 15. The Morgan fingerprint density at radius 2 is 1.21 bits per heavy atom. The molecule has 2 aliphatic heterocycles. The second kappa shape index (κ2) is 20.1. The molecule has 6 aromatic rings. The minimum atomic E-state index is -4.07. The van der Waals surface area contributed by atoms with Crippen molar-refractivity contribution in [2.75, 3.05) is 55.6 Å². The number of ether oxygens (including phenoxy) is 2. The van der Waals surface area contributed by atoms with Gasteiger partial charge in [-0.25, -0.2) is 9.44 Å². The summed E-state index contributed by atoms with van der Waals surface area (Å²) in [7, 11) is 0.713. The van der Waals surface area contributed by atoms with Gasteiger partial charge in [-0.1, -0.05) is 37.5 Å². The first-order chi connectivity index (χ1) is 38.6. The third kappa shape index (κ3) is 9.25. The van der Waals surface area contributed by atoms with Crippen LogP contribution in [0.3, 0.4) is 0 Å². The van der Waals surface area contributed by atoms with E-state index in [0.717, 1.165) is 133 Å². The fourth-order valence-electron chi connectivity index (χ4n) is 14.7. The Kier molecular flexibility index (Phi) is 13.7. The van der Waals surface area contributed by atoms with Gasteiger partial charge in [-0.3, -0.25) is 14.4 Å². The first kappa shape index (κ1) is 55.0. The average Bonchev–Trinajstić information content (AvgIpc) is 3.76. The number of hydrogen-bond acceptors (Lipinski definition) is 10. The molecule has 17 nitrogen and oxygen atoms in total. The fraction of sp³-hybridized carbons (Fsp3) is 0.468. The van der Waals surface area contributed by atoms with E-state index in [-0.39, 0.29) is 52.9 Å². The minimum Gasteiger partial charge on any atom is -0.497 e. The van der Waals surface area contributed by atoms with Crippen molar-refractivity contribution in [3.8, 4) is 34.0 Å². The molecule has 12 rings (SSSR count). The van der Waals surface area contributed by atoms with Gasteiger partial charge < -0.3 is 28.6 Å². The molecule has 0 bridgehead atoms. The summed E-state index contributed by atoms with van der Waals surface area (Å²) >= 11 is 0. The molecule has 6 aliphatic rings. The Labute approximate surface area is 474 Å². The van der Waals surface area contributed by atoms with Gasteiger partial charge in [-0.15, -0.1) is 0 Å². The second-order valence-electron chi connectivity index (χ2n) is 24.3. The molecule has 4 aromatic carbocycles. The van der Waals surface area contributed by atoms with Crippen LogP contribution in [-0.4, -0.2) is 124 Å². The van der Waals surface area contributed by atoms with Gasteiger partial charge in [-0.2, -0.15) is 25.4 Å². The second-order valence-corrected chi connectivity index (χ2v) is 28.1. The molecule has 4 aliphatic carbocycles. The maximum Gasteiger partial charge on any atom is 0.303 e. The van der Waals surface area contributed by atoms with Crippen molar-refractivity contribution in [2.45, 2.75) is 115 Å². The van der Waals surface area contributed by atoms with Crippen LogP contribution in [-0.2, 0) is 38.3 Å². The Bertz CT molecular complexity index is 3870. The molecule has 0 spiro atoms. The van der Waals surface area contributed by atoms with E-state index < -0.39 is 37.6 Å². The lowest BCUT2D eigenvalue weighted by molar-refractivity contribution is -0.133. The van der Waals surface area contributed by atoms with E-state index in [9.17, 15) is 36.3 Å². The smallest absolute Gasteiger partial charge is 0.303 e. The van der Waals surface area contributed by atoms with Crippen LogP contribution < -0.4 is 18.9 Å². The van der Waals surface area contributed by atoms with Gasteiger partial charge in [-0.05, 0) is 164 Å². The van der Waals surface area contributed by atoms with E-state index in [0.29, 0.717) is 31.3 Å². The molecule has 2 aromatic heterocycles. The molecule has 81 heavy (non-hydrogen) atoms. The van der Waals surface area contributed by atoms with Crippen molar-refractivity contribution < 1.29 is 45.8 Å². The number of aliphatic hydroxyl groups excluding tert-OH is 1. The lowest BCUT2D eigenvalue weighted by atomic mass is 9.74. The predicted molar refractivity (Wildman–Crippen MR) is 313 cm³/mol. The topological polar surface area (TPSA) is 202 Å². The number of nitrogens with zero attached hydrogens (tertiary/aromatic N) is 5. The minimum absolute atomic E-state index is 0.0148. The molecular formula is C62H73N7O10S2. The van der Waals surface area contributed by atoms with Crippen LogP contribution in [0.2, 0.25) is 0 Å². The Morgan fingerprint density at radius 3 is 1.75 bits per heavy atom. The van der Waals surface area contributed by atoms with Crippen LogP contribution in [0, 0.1) is 16.7 Å². The number of aliphatic hydroxyl groups is 1. The fourth-order valence-corrected chi connectivity index (χ4v) is 15.7. The van der Waals surface area contributed by atoms with Crippen molar-refractivity contribution in [3.63, 3.8) is 0 Å². The van der Waals surface area contributed by atoms with Gasteiger partial charge in [0, 0.05) is 110 Å². The van der Waals surface area contributed by atoms with Crippen molar-refractivity contribution in [2.24, 2.45) is 16.7 Å². The van der Waals surface area contributed by atoms with Crippen molar-refractivity contribution in [3.05, 3.63) is 112 Å². The zero-order valence-corrected chi connectivity index (χ0v) is 49.1. The SMILES string of the molecule is COc1ccc2c(c1)C1=CC1(CO)Cn1c-2c(C2CCC(C(C)N(CC34CC3c3cc(OC)ccc3-c3c(C5CCCCC5)c5ccc(C(=O)NS(=O)(=O)N(C)C)cc5n3C4)C(C)=O)CC2)c2ccc(C(=O)NS(=O)(=O)N(C)C)cc21. The molecule has 4 atom stereocenters. The molecule has 3 fully saturated rings. The van der Waals surface area contributed by atoms with Crippen LogP contribution in [0.5, 0.6) is 11.5 Å². The van der Waals surface area contributed by atoms with Gasteiger partial charge in [0.2, 0.25) is 5.91 Å². The van der Waals surface area contributed by atoms with Crippen LogP contribution in [0.15, 0.2) is 78.9 Å². The molecule has 0 radical (unpaired) electrons. The molecular weight excluding hydrogens is 1070 g/mol. The zero-order chi connectivity index (χ0) is 57.2. The molecule has 3 saturated carbocycles. The van der Waals surface area contributed by atoms with Gasteiger partial charge in [0.1, 0.15) is 11.5 Å². The molecule has 3 N–H and O–H groups in total.